The quantitative estimate of drug-likeness (QED) is 0.211. The highest BCUT2D eigenvalue weighted by Gasteiger charge is 2.68. The van der Waals surface area contributed by atoms with Gasteiger partial charge >= 0.3 is 0 Å². The first-order valence-corrected chi connectivity index (χ1v) is 16.4. The maximum absolute atomic E-state index is 16.4. The summed E-state index contributed by atoms with van der Waals surface area (Å²) in [5.74, 6) is -1.33. The highest BCUT2D eigenvalue weighted by Crippen LogP contribution is 2.63. The molecule has 6 rings (SSSR count). The van der Waals surface area contributed by atoms with Crippen LogP contribution in [-0.4, -0.2) is 28.0 Å². The second-order valence-corrected chi connectivity index (χ2v) is 14.4. The lowest BCUT2D eigenvalue weighted by molar-refractivity contribution is -0.123. The average Bonchev–Trinajstić information content (AvgIpc) is 3.45. The molecule has 1 amide bonds. The summed E-state index contributed by atoms with van der Waals surface area (Å²) in [5, 5.41) is 16.0. The fraction of sp³-hybridized carbons (Fsp3) is 0.342. The number of likely N-dealkylation sites (tertiary alicyclic amines) is 1. The van der Waals surface area contributed by atoms with Crippen LogP contribution in [-0.2, 0) is 10.2 Å². The monoisotopic (exact) mass is 644 g/mol. The van der Waals surface area contributed by atoms with E-state index in [0.29, 0.717) is 29.1 Å². The van der Waals surface area contributed by atoms with Gasteiger partial charge in [0.25, 0.3) is 0 Å². The molecule has 7 heteroatoms. The van der Waals surface area contributed by atoms with Gasteiger partial charge in [0.1, 0.15) is 11.2 Å². The van der Waals surface area contributed by atoms with Crippen molar-refractivity contribution in [3.05, 3.63) is 135 Å². The Morgan fingerprint density at radius 3 is 2.20 bits per heavy atom. The van der Waals surface area contributed by atoms with Crippen molar-refractivity contribution in [2.24, 2.45) is 5.41 Å². The SMILES string of the molecule is CC[C@H]1[C@H](c2cccc(Cl)c2F)[C@@]2(C(=O)Nc3cc(Cl)ccc32)[C@@H](CC(C)(C)C)N1[C@H](c1ccccc1)[C@@H](O)c1ccccc1. The molecule has 0 unspecified atom stereocenters. The number of aliphatic hydroxyl groups is 1. The van der Waals surface area contributed by atoms with Gasteiger partial charge in [0.05, 0.1) is 17.2 Å². The van der Waals surface area contributed by atoms with Crippen molar-refractivity contribution in [1.29, 1.82) is 0 Å². The summed E-state index contributed by atoms with van der Waals surface area (Å²) in [4.78, 5) is 17.2. The van der Waals surface area contributed by atoms with E-state index in [9.17, 15) is 9.90 Å². The zero-order valence-corrected chi connectivity index (χ0v) is 27.5. The summed E-state index contributed by atoms with van der Waals surface area (Å²) in [6, 6.07) is 28.8. The molecule has 4 aromatic carbocycles. The lowest BCUT2D eigenvalue weighted by Gasteiger charge is -2.44. The molecule has 2 heterocycles. The average molecular weight is 646 g/mol. The molecule has 2 aliphatic heterocycles. The van der Waals surface area contributed by atoms with Gasteiger partial charge in [-0.05, 0) is 58.7 Å². The van der Waals surface area contributed by atoms with Gasteiger partial charge in [0.2, 0.25) is 5.91 Å². The number of benzene rings is 4. The molecule has 4 nitrogen and oxygen atoms in total. The van der Waals surface area contributed by atoms with Crippen molar-refractivity contribution in [2.45, 2.75) is 76.1 Å². The molecule has 0 radical (unpaired) electrons. The number of carbonyl (C=O) groups excluding carboxylic acids is 1. The van der Waals surface area contributed by atoms with Gasteiger partial charge in [-0.25, -0.2) is 4.39 Å². The van der Waals surface area contributed by atoms with E-state index in [-0.39, 0.29) is 22.4 Å². The second-order valence-electron chi connectivity index (χ2n) is 13.5. The fourth-order valence-electron chi connectivity index (χ4n) is 8.02. The van der Waals surface area contributed by atoms with Gasteiger partial charge in [0, 0.05) is 28.7 Å². The number of halogens is 3. The Labute approximate surface area is 275 Å². The summed E-state index contributed by atoms with van der Waals surface area (Å²) in [7, 11) is 0. The van der Waals surface area contributed by atoms with Gasteiger partial charge in [-0.2, -0.15) is 0 Å². The molecule has 0 aromatic heterocycles. The molecule has 1 spiro atoms. The van der Waals surface area contributed by atoms with E-state index in [4.69, 9.17) is 23.2 Å². The van der Waals surface area contributed by atoms with Crippen molar-refractivity contribution >= 4 is 34.8 Å². The summed E-state index contributed by atoms with van der Waals surface area (Å²) >= 11 is 12.9. The number of fused-ring (bicyclic) bond motifs is 2. The minimum absolute atomic E-state index is 0.0157. The third-order valence-electron chi connectivity index (χ3n) is 9.64. The second kappa shape index (κ2) is 12.2. The fourth-order valence-corrected chi connectivity index (χ4v) is 8.38. The van der Waals surface area contributed by atoms with Crippen LogP contribution < -0.4 is 5.32 Å². The predicted octanol–water partition coefficient (Wildman–Crippen LogP) is 9.48. The van der Waals surface area contributed by atoms with E-state index in [2.05, 4.69) is 37.9 Å². The van der Waals surface area contributed by atoms with Crippen molar-refractivity contribution in [3.8, 4) is 0 Å². The number of nitrogens with one attached hydrogen (secondary N) is 1. The van der Waals surface area contributed by atoms with Gasteiger partial charge in [0.15, 0.2) is 0 Å². The van der Waals surface area contributed by atoms with Gasteiger partial charge in [-0.15, -0.1) is 0 Å². The minimum atomic E-state index is -1.21. The normalized spacial score (nSPS) is 24.4. The van der Waals surface area contributed by atoms with Crippen LogP contribution in [0.25, 0.3) is 0 Å². The van der Waals surface area contributed by atoms with Crippen LogP contribution in [0.5, 0.6) is 0 Å². The minimum Gasteiger partial charge on any atom is -0.386 e. The highest BCUT2D eigenvalue weighted by atomic mass is 35.5. The number of hydrogen-bond acceptors (Lipinski definition) is 3. The molecule has 2 N–H and O–H groups in total. The lowest BCUT2D eigenvalue weighted by atomic mass is 9.62. The molecule has 4 aromatic rings. The molecule has 0 bridgehead atoms. The summed E-state index contributed by atoms with van der Waals surface area (Å²) in [5.41, 5.74) is 2.07. The smallest absolute Gasteiger partial charge is 0.237 e. The van der Waals surface area contributed by atoms with Gasteiger partial charge in [-0.1, -0.05) is 130 Å². The zero-order valence-electron chi connectivity index (χ0n) is 26.0. The maximum Gasteiger partial charge on any atom is 0.237 e. The first kappa shape index (κ1) is 31.7. The van der Waals surface area contributed by atoms with E-state index in [1.807, 2.05) is 66.7 Å². The first-order valence-electron chi connectivity index (χ1n) is 15.6. The third-order valence-corrected chi connectivity index (χ3v) is 10.2. The van der Waals surface area contributed by atoms with Crippen molar-refractivity contribution in [3.63, 3.8) is 0 Å². The van der Waals surface area contributed by atoms with Crippen LogP contribution in [0.2, 0.25) is 10.0 Å². The zero-order chi connectivity index (χ0) is 32.1. The Morgan fingerprint density at radius 1 is 0.933 bits per heavy atom. The molecular weight excluding hydrogens is 606 g/mol. The molecule has 0 saturated carbocycles. The van der Waals surface area contributed by atoms with Crippen molar-refractivity contribution in [1.82, 2.24) is 4.90 Å². The van der Waals surface area contributed by atoms with Crippen LogP contribution in [0.15, 0.2) is 97.1 Å². The first-order chi connectivity index (χ1) is 21.5. The molecular formula is C38H39Cl2FN2O2. The van der Waals surface area contributed by atoms with E-state index in [0.717, 1.165) is 16.7 Å². The van der Waals surface area contributed by atoms with Crippen molar-refractivity contribution < 1.29 is 14.3 Å². The van der Waals surface area contributed by atoms with Gasteiger partial charge in [-0.3, -0.25) is 9.69 Å². The maximum atomic E-state index is 16.4. The Morgan fingerprint density at radius 2 is 1.58 bits per heavy atom. The van der Waals surface area contributed by atoms with Gasteiger partial charge < -0.3 is 10.4 Å². The number of nitrogens with zero attached hydrogens (tertiary/aromatic N) is 1. The lowest BCUT2D eigenvalue weighted by Crippen LogP contribution is -2.52. The number of hydrogen-bond donors (Lipinski definition) is 2. The Kier molecular flexibility index (Phi) is 8.60. The van der Waals surface area contributed by atoms with Crippen molar-refractivity contribution in [2.75, 3.05) is 5.32 Å². The highest BCUT2D eigenvalue weighted by molar-refractivity contribution is 6.31. The molecule has 45 heavy (non-hydrogen) atoms. The van der Waals surface area contributed by atoms with Crippen LogP contribution >= 0.6 is 23.2 Å². The summed E-state index contributed by atoms with van der Waals surface area (Å²) in [6.45, 7) is 8.56. The van der Waals surface area contributed by atoms with E-state index >= 15 is 4.39 Å². The number of rotatable bonds is 7. The number of amides is 1. The predicted molar refractivity (Wildman–Crippen MR) is 180 cm³/mol. The molecule has 1 fully saturated rings. The molecule has 2 aliphatic rings. The van der Waals surface area contributed by atoms with Crippen LogP contribution in [0, 0.1) is 11.2 Å². The van der Waals surface area contributed by atoms with Crippen LogP contribution in [0.1, 0.15) is 80.9 Å². The summed E-state index contributed by atoms with van der Waals surface area (Å²) < 4.78 is 16.4. The largest absolute Gasteiger partial charge is 0.386 e. The van der Waals surface area contributed by atoms with Crippen LogP contribution in [0.4, 0.5) is 10.1 Å². The van der Waals surface area contributed by atoms with E-state index in [1.54, 1.807) is 30.3 Å². The molecule has 6 atom stereocenters. The van der Waals surface area contributed by atoms with E-state index < -0.39 is 35.3 Å². The molecule has 0 aliphatic carbocycles. The van der Waals surface area contributed by atoms with E-state index in [1.165, 1.54) is 0 Å². The number of aliphatic hydroxyl groups excluding tert-OH is 1. The number of carbonyl (C=O) groups is 1. The number of anilines is 1. The standard InChI is InChI=1S/C38H39Cl2FN2O2/c1-5-30-32(26-17-12-18-28(40)33(26)41)38(27-20-19-25(39)21-29(27)42-36(38)45)31(22-37(2,3)4)43(30)34(23-13-8-6-9-14-23)35(44)24-15-10-7-11-16-24/h6-21,30-32,34-35,44H,5,22H2,1-4H3,(H,42,45)/t30-,31+,32-,34+,35-,38-/m0/s1. The molecule has 1 saturated heterocycles. The Balaban J connectivity index is 1.70. The third kappa shape index (κ3) is 5.38. The molecule has 234 valence electrons. The summed E-state index contributed by atoms with van der Waals surface area (Å²) in [6.07, 6.45) is 0.266. The van der Waals surface area contributed by atoms with Crippen LogP contribution in [0.3, 0.4) is 0 Å². The topological polar surface area (TPSA) is 52.6 Å². The Hall–Kier alpha value is -3.22. The Bertz CT molecular complexity index is 1690.